The molecule has 0 atom stereocenters. The molecule has 2 heterocycles. The van der Waals surface area contributed by atoms with E-state index in [4.69, 9.17) is 32.7 Å². The molecule has 32 heavy (non-hydrogen) atoms. The maximum absolute atomic E-state index is 12.4. The molecule has 0 saturated heterocycles. The van der Waals surface area contributed by atoms with E-state index in [1.165, 1.54) is 28.9 Å². The smallest absolute Gasteiger partial charge is 0.360 e. The van der Waals surface area contributed by atoms with Gasteiger partial charge in [-0.3, -0.25) is 4.79 Å². The summed E-state index contributed by atoms with van der Waals surface area (Å²) >= 11 is 12.7. The van der Waals surface area contributed by atoms with Gasteiger partial charge in [-0.2, -0.15) is 10.1 Å². The van der Waals surface area contributed by atoms with Gasteiger partial charge in [0.05, 0.1) is 34.1 Å². The van der Waals surface area contributed by atoms with E-state index in [1.807, 2.05) is 0 Å². The molecular formula is C20H19Cl2N5O5. The van der Waals surface area contributed by atoms with Gasteiger partial charge in [0.1, 0.15) is 0 Å². The van der Waals surface area contributed by atoms with Crippen LogP contribution in [-0.2, 0) is 9.53 Å². The van der Waals surface area contributed by atoms with Gasteiger partial charge < -0.3 is 14.8 Å². The summed E-state index contributed by atoms with van der Waals surface area (Å²) in [6.45, 7) is 8.97. The number of halogens is 2. The van der Waals surface area contributed by atoms with Gasteiger partial charge in [0.15, 0.2) is 11.5 Å². The van der Waals surface area contributed by atoms with E-state index in [0.717, 1.165) is 5.01 Å². The van der Waals surface area contributed by atoms with Crippen molar-refractivity contribution in [3.8, 4) is 11.6 Å². The van der Waals surface area contributed by atoms with Crippen molar-refractivity contribution in [1.82, 2.24) is 15.1 Å². The minimum absolute atomic E-state index is 0.00759. The fraction of sp³-hybridized carbons (Fsp3) is 0.250. The molecule has 12 heteroatoms. The molecule has 0 fully saturated rings. The highest BCUT2D eigenvalue weighted by atomic mass is 35.5. The summed E-state index contributed by atoms with van der Waals surface area (Å²) in [5.74, 6) is -0.578. The summed E-state index contributed by atoms with van der Waals surface area (Å²) in [6.07, 6.45) is 0. The first-order valence-corrected chi connectivity index (χ1v) is 10.2. The molecule has 1 N–H and O–H groups in total. The molecule has 1 aliphatic rings. The van der Waals surface area contributed by atoms with Crippen LogP contribution in [0.25, 0.3) is 0 Å². The number of urea groups is 1. The van der Waals surface area contributed by atoms with Gasteiger partial charge in [-0.1, -0.05) is 29.8 Å². The van der Waals surface area contributed by atoms with Gasteiger partial charge in [0.25, 0.3) is 5.56 Å². The van der Waals surface area contributed by atoms with Crippen molar-refractivity contribution >= 4 is 46.6 Å². The fourth-order valence-corrected chi connectivity index (χ4v) is 3.24. The predicted octanol–water partition coefficient (Wildman–Crippen LogP) is 3.89. The van der Waals surface area contributed by atoms with Crippen LogP contribution in [0, 0.1) is 0 Å². The molecular weight excluding hydrogens is 461 g/mol. The molecule has 0 saturated carbocycles. The second-order valence-electron chi connectivity index (χ2n) is 6.78. The van der Waals surface area contributed by atoms with E-state index in [0.29, 0.717) is 0 Å². The molecule has 1 aliphatic heterocycles. The second kappa shape index (κ2) is 9.41. The number of hydrazone groups is 1. The Balaban J connectivity index is 1.96. The van der Waals surface area contributed by atoms with Crippen LogP contribution in [0.5, 0.6) is 11.6 Å². The van der Waals surface area contributed by atoms with E-state index >= 15 is 0 Å². The number of nitrogens with one attached hydrogen (secondary N) is 1. The van der Waals surface area contributed by atoms with Crippen LogP contribution >= 0.6 is 23.2 Å². The number of nitrogens with zero attached hydrogens (tertiary/aromatic N) is 4. The Bertz CT molecular complexity index is 1170. The number of hydrogen-bond donors (Lipinski definition) is 1. The Morgan fingerprint density at radius 3 is 2.47 bits per heavy atom. The first-order chi connectivity index (χ1) is 15.1. The Hall–Kier alpha value is -3.37. The number of benzene rings is 1. The van der Waals surface area contributed by atoms with Gasteiger partial charge in [-0.15, -0.1) is 5.10 Å². The van der Waals surface area contributed by atoms with Gasteiger partial charge in [-0.25, -0.2) is 14.3 Å². The van der Waals surface area contributed by atoms with Gasteiger partial charge >= 0.3 is 12.0 Å². The van der Waals surface area contributed by atoms with E-state index in [9.17, 15) is 14.4 Å². The lowest BCUT2D eigenvalue weighted by Crippen LogP contribution is -2.45. The first kappa shape index (κ1) is 23.3. The molecule has 10 nitrogen and oxygen atoms in total. The van der Waals surface area contributed by atoms with Crippen molar-refractivity contribution < 1.29 is 19.1 Å². The molecule has 3 rings (SSSR count). The maximum Gasteiger partial charge on any atom is 0.360 e. The molecule has 1 aromatic heterocycles. The van der Waals surface area contributed by atoms with Crippen molar-refractivity contribution in [1.29, 1.82) is 0 Å². The molecule has 0 aliphatic carbocycles. The van der Waals surface area contributed by atoms with E-state index in [-0.39, 0.29) is 57.0 Å². The number of anilines is 1. The zero-order valence-corrected chi connectivity index (χ0v) is 18.9. The number of rotatable bonds is 6. The largest absolute Gasteiger partial charge is 0.461 e. The Morgan fingerprint density at radius 1 is 1.22 bits per heavy atom. The average molecular weight is 480 g/mol. The lowest BCUT2D eigenvalue weighted by atomic mass is 10.2. The summed E-state index contributed by atoms with van der Waals surface area (Å²) in [5, 5.41) is 11.6. The summed E-state index contributed by atoms with van der Waals surface area (Å²) in [4.78, 5) is 36.4. The third-order valence-corrected chi connectivity index (χ3v) is 4.69. The third kappa shape index (κ3) is 4.76. The van der Waals surface area contributed by atoms with E-state index < -0.39 is 12.0 Å². The summed E-state index contributed by atoms with van der Waals surface area (Å²) in [7, 11) is 0. The van der Waals surface area contributed by atoms with Crippen LogP contribution in [-0.4, -0.2) is 34.1 Å². The normalized spacial score (nSPS) is 13.7. The molecule has 2 aromatic rings. The summed E-state index contributed by atoms with van der Waals surface area (Å²) < 4.78 is 11.9. The predicted molar refractivity (Wildman–Crippen MR) is 120 cm³/mol. The topological polar surface area (TPSA) is 115 Å². The van der Waals surface area contributed by atoms with E-state index in [2.05, 4.69) is 22.1 Å². The zero-order chi connectivity index (χ0) is 23.6. The van der Waals surface area contributed by atoms with Gasteiger partial charge in [0, 0.05) is 12.1 Å². The quantitative estimate of drug-likeness (QED) is 0.628. The second-order valence-corrected chi connectivity index (χ2v) is 7.59. The number of esters is 1. The molecule has 168 valence electrons. The fourth-order valence-electron chi connectivity index (χ4n) is 2.69. The highest BCUT2D eigenvalue weighted by Crippen LogP contribution is 2.39. The highest BCUT2D eigenvalue weighted by Gasteiger charge is 2.30. The van der Waals surface area contributed by atoms with Crippen molar-refractivity contribution in [2.24, 2.45) is 5.10 Å². The van der Waals surface area contributed by atoms with Crippen LogP contribution in [0.3, 0.4) is 0 Å². The lowest BCUT2D eigenvalue weighted by Gasteiger charge is -2.25. The number of hydrogen-bond acceptors (Lipinski definition) is 7. The Morgan fingerprint density at radius 2 is 1.88 bits per heavy atom. The standard InChI is InChI=1S/C20H19Cl2N5O5/c1-5-31-19(29)17-11(4)23-20(30)27(25-17)12-8-13(21)18(14(22)9-12)32-15-6-7-16(28)26(24-15)10(2)3/h6-10H,4-5H2,1-3H3,(H,23,30). The third-order valence-electron chi connectivity index (χ3n) is 4.13. The molecule has 0 radical (unpaired) electrons. The number of carbonyl (C=O) groups excluding carboxylic acids is 2. The van der Waals surface area contributed by atoms with Crippen LogP contribution < -0.4 is 20.6 Å². The number of carbonyl (C=O) groups is 2. The SMILES string of the molecule is C=C1NC(=O)N(c2cc(Cl)c(Oc3ccc(=O)n(C(C)C)n3)c(Cl)c2)N=C1C(=O)OCC. The zero-order valence-electron chi connectivity index (χ0n) is 17.4. The maximum atomic E-state index is 12.4. The van der Waals surface area contributed by atoms with Crippen molar-refractivity contribution in [3.05, 3.63) is 56.9 Å². The molecule has 2 amide bonds. The first-order valence-electron chi connectivity index (χ1n) is 9.45. The highest BCUT2D eigenvalue weighted by molar-refractivity contribution is 6.44. The van der Waals surface area contributed by atoms with Crippen molar-refractivity contribution in [2.45, 2.75) is 26.8 Å². The Labute approximate surface area is 193 Å². The average Bonchev–Trinajstić information content (AvgIpc) is 2.71. The number of amides is 2. The minimum atomic E-state index is -0.744. The minimum Gasteiger partial charge on any atom is -0.461 e. The van der Waals surface area contributed by atoms with Crippen LogP contribution in [0.15, 0.2) is 46.4 Å². The summed E-state index contributed by atoms with van der Waals surface area (Å²) in [5.41, 5.74) is -0.278. The Kier molecular flexibility index (Phi) is 6.85. The molecule has 0 unspecified atom stereocenters. The van der Waals surface area contributed by atoms with Crippen molar-refractivity contribution in [3.63, 3.8) is 0 Å². The van der Waals surface area contributed by atoms with Crippen LogP contribution in [0.2, 0.25) is 10.0 Å². The summed E-state index contributed by atoms with van der Waals surface area (Å²) in [6, 6.07) is 4.60. The lowest BCUT2D eigenvalue weighted by molar-refractivity contribution is -0.135. The molecule has 0 spiro atoms. The molecule has 0 bridgehead atoms. The molecule has 1 aromatic carbocycles. The number of ether oxygens (including phenoxy) is 2. The van der Waals surface area contributed by atoms with Crippen LogP contribution in [0.1, 0.15) is 26.8 Å². The van der Waals surface area contributed by atoms with Crippen molar-refractivity contribution in [2.75, 3.05) is 11.6 Å². The van der Waals surface area contributed by atoms with Gasteiger partial charge in [0.2, 0.25) is 5.88 Å². The monoisotopic (exact) mass is 479 g/mol. The number of aromatic nitrogens is 2. The van der Waals surface area contributed by atoms with Crippen LogP contribution in [0.4, 0.5) is 10.5 Å². The van der Waals surface area contributed by atoms with Gasteiger partial charge in [-0.05, 0) is 32.9 Å². The van der Waals surface area contributed by atoms with E-state index in [1.54, 1.807) is 20.8 Å².